The van der Waals surface area contributed by atoms with E-state index >= 15 is 0 Å². The average Bonchev–Trinajstić information content (AvgIpc) is 2.28. The average molecular weight is 279 g/mol. The SMILES string of the molecule is CCO[Si](CC)(CCCSCC(C)C)OCC. The Hall–Kier alpha value is 0.487. The molecule has 0 atom stereocenters. The molecule has 0 aromatic heterocycles. The molecule has 0 amide bonds. The molecule has 4 heteroatoms. The molecule has 0 aliphatic heterocycles. The van der Waals surface area contributed by atoms with Gasteiger partial charge < -0.3 is 8.85 Å². The van der Waals surface area contributed by atoms with Gasteiger partial charge >= 0.3 is 8.56 Å². The van der Waals surface area contributed by atoms with Crippen LogP contribution in [0.15, 0.2) is 0 Å². The minimum Gasteiger partial charge on any atom is -0.394 e. The third-order valence-corrected chi connectivity index (χ3v) is 7.95. The lowest BCUT2D eigenvalue weighted by atomic mass is 10.3. The zero-order chi connectivity index (χ0) is 13.1. The minimum absolute atomic E-state index is 0.791. The van der Waals surface area contributed by atoms with Gasteiger partial charge in [0.15, 0.2) is 0 Å². The molecule has 17 heavy (non-hydrogen) atoms. The number of hydrogen-bond donors (Lipinski definition) is 0. The van der Waals surface area contributed by atoms with E-state index in [1.54, 1.807) is 0 Å². The fraction of sp³-hybridized carbons (Fsp3) is 1.00. The second kappa shape index (κ2) is 10.4. The molecule has 0 rings (SSSR count). The van der Waals surface area contributed by atoms with E-state index in [9.17, 15) is 0 Å². The molecule has 0 saturated carbocycles. The molecule has 2 nitrogen and oxygen atoms in total. The van der Waals surface area contributed by atoms with Crippen LogP contribution in [0.5, 0.6) is 0 Å². The zero-order valence-electron chi connectivity index (χ0n) is 12.3. The predicted octanol–water partition coefficient (Wildman–Crippen LogP) is 4.30. The maximum Gasteiger partial charge on any atom is 0.337 e. The number of hydrogen-bond acceptors (Lipinski definition) is 3. The van der Waals surface area contributed by atoms with Crippen LogP contribution in [0.2, 0.25) is 12.1 Å². The van der Waals surface area contributed by atoms with Gasteiger partial charge in [0.2, 0.25) is 0 Å². The summed E-state index contributed by atoms with van der Waals surface area (Å²) in [6.07, 6.45) is 1.23. The van der Waals surface area contributed by atoms with E-state index in [2.05, 4.69) is 46.4 Å². The molecule has 104 valence electrons. The summed E-state index contributed by atoms with van der Waals surface area (Å²) in [6, 6.07) is 2.22. The maximum atomic E-state index is 5.95. The molecule has 0 spiro atoms. The van der Waals surface area contributed by atoms with Gasteiger partial charge in [0.25, 0.3) is 0 Å². The summed E-state index contributed by atoms with van der Waals surface area (Å²) in [7, 11) is -1.86. The highest BCUT2D eigenvalue weighted by molar-refractivity contribution is 7.99. The first-order valence-corrected chi connectivity index (χ1v) is 10.3. The fourth-order valence-corrected chi connectivity index (χ4v) is 6.00. The van der Waals surface area contributed by atoms with Crippen LogP contribution < -0.4 is 0 Å². The Morgan fingerprint density at radius 2 is 1.65 bits per heavy atom. The molecule has 0 radical (unpaired) electrons. The van der Waals surface area contributed by atoms with Crippen molar-refractivity contribution in [2.75, 3.05) is 24.7 Å². The lowest BCUT2D eigenvalue weighted by molar-refractivity contribution is 0.183. The normalized spacial score (nSPS) is 12.4. The fourth-order valence-electron chi connectivity index (χ4n) is 1.86. The molecule has 0 N–H and O–H groups in total. The summed E-state index contributed by atoms with van der Waals surface area (Å²) < 4.78 is 11.9. The second-order valence-corrected chi connectivity index (χ2v) is 9.46. The monoisotopic (exact) mass is 278 g/mol. The minimum atomic E-state index is -1.86. The van der Waals surface area contributed by atoms with Gasteiger partial charge in [-0.3, -0.25) is 0 Å². The van der Waals surface area contributed by atoms with Crippen molar-refractivity contribution < 1.29 is 8.85 Å². The van der Waals surface area contributed by atoms with Crippen LogP contribution in [0.1, 0.15) is 41.0 Å². The Morgan fingerprint density at radius 3 is 2.06 bits per heavy atom. The Kier molecular flexibility index (Phi) is 10.7. The quantitative estimate of drug-likeness (QED) is 0.415. The van der Waals surface area contributed by atoms with E-state index in [0.717, 1.165) is 31.2 Å². The molecular weight excluding hydrogens is 248 g/mol. The van der Waals surface area contributed by atoms with E-state index in [1.165, 1.54) is 17.9 Å². The van der Waals surface area contributed by atoms with Gasteiger partial charge in [0.1, 0.15) is 0 Å². The highest BCUT2D eigenvalue weighted by Crippen LogP contribution is 2.22. The van der Waals surface area contributed by atoms with Crippen LogP contribution in [-0.2, 0) is 8.85 Å². The molecule has 0 aliphatic carbocycles. The first-order valence-electron chi connectivity index (χ1n) is 6.95. The largest absolute Gasteiger partial charge is 0.394 e. The van der Waals surface area contributed by atoms with Crippen LogP contribution in [0.4, 0.5) is 0 Å². The van der Waals surface area contributed by atoms with Gasteiger partial charge in [-0.05, 0) is 49.8 Å². The van der Waals surface area contributed by atoms with Crippen molar-refractivity contribution in [1.82, 2.24) is 0 Å². The van der Waals surface area contributed by atoms with Gasteiger partial charge in [-0.15, -0.1) is 0 Å². The maximum absolute atomic E-state index is 5.95. The molecule has 0 fully saturated rings. The van der Waals surface area contributed by atoms with Crippen molar-refractivity contribution >= 4 is 20.3 Å². The lowest BCUT2D eigenvalue weighted by Crippen LogP contribution is -2.41. The summed E-state index contributed by atoms with van der Waals surface area (Å²) >= 11 is 2.06. The topological polar surface area (TPSA) is 18.5 Å². The van der Waals surface area contributed by atoms with Crippen LogP contribution in [0.25, 0.3) is 0 Å². The standard InChI is InChI=1S/C13H30O2SSi/c1-6-14-17(8-3,15-7-2)11-9-10-16-12-13(4)5/h13H,6-12H2,1-5H3. The van der Waals surface area contributed by atoms with Gasteiger partial charge in [-0.25, -0.2) is 0 Å². The lowest BCUT2D eigenvalue weighted by Gasteiger charge is -2.28. The first kappa shape index (κ1) is 17.5. The van der Waals surface area contributed by atoms with Crippen molar-refractivity contribution in [3.8, 4) is 0 Å². The number of rotatable bonds is 11. The van der Waals surface area contributed by atoms with E-state index in [1.807, 2.05) is 0 Å². The number of thioether (sulfide) groups is 1. The van der Waals surface area contributed by atoms with Crippen molar-refractivity contribution in [1.29, 1.82) is 0 Å². The van der Waals surface area contributed by atoms with E-state index in [4.69, 9.17) is 8.85 Å². The molecule has 0 aromatic carbocycles. The molecule has 0 unspecified atom stereocenters. The van der Waals surface area contributed by atoms with Crippen LogP contribution in [0, 0.1) is 5.92 Å². The second-order valence-electron chi connectivity index (χ2n) is 4.70. The summed E-state index contributed by atoms with van der Waals surface area (Å²) in [5.74, 6) is 3.31. The van der Waals surface area contributed by atoms with E-state index in [-0.39, 0.29) is 0 Å². The van der Waals surface area contributed by atoms with Crippen LogP contribution in [0.3, 0.4) is 0 Å². The van der Waals surface area contributed by atoms with Crippen molar-refractivity contribution in [2.45, 2.75) is 53.1 Å². The van der Waals surface area contributed by atoms with E-state index < -0.39 is 8.56 Å². The van der Waals surface area contributed by atoms with Gasteiger partial charge in [0, 0.05) is 13.2 Å². The Balaban J connectivity index is 3.89. The third-order valence-electron chi connectivity index (χ3n) is 2.65. The molecule has 0 saturated heterocycles. The van der Waals surface area contributed by atoms with E-state index in [0.29, 0.717) is 0 Å². The summed E-state index contributed by atoms with van der Waals surface area (Å²) in [4.78, 5) is 0. The van der Waals surface area contributed by atoms with Crippen molar-refractivity contribution in [2.24, 2.45) is 5.92 Å². The molecule has 0 aliphatic rings. The molecule has 0 aromatic rings. The van der Waals surface area contributed by atoms with Gasteiger partial charge in [-0.2, -0.15) is 11.8 Å². The van der Waals surface area contributed by atoms with Crippen molar-refractivity contribution in [3.05, 3.63) is 0 Å². The smallest absolute Gasteiger partial charge is 0.337 e. The Labute approximate surface area is 113 Å². The summed E-state index contributed by atoms with van der Waals surface area (Å²) in [6.45, 7) is 12.5. The summed E-state index contributed by atoms with van der Waals surface area (Å²) in [5.41, 5.74) is 0. The summed E-state index contributed by atoms with van der Waals surface area (Å²) in [5, 5.41) is 0. The Morgan fingerprint density at radius 1 is 1.06 bits per heavy atom. The van der Waals surface area contributed by atoms with Crippen LogP contribution >= 0.6 is 11.8 Å². The third kappa shape index (κ3) is 8.24. The molecule has 0 bridgehead atoms. The zero-order valence-corrected chi connectivity index (χ0v) is 14.1. The first-order chi connectivity index (χ1) is 8.10. The van der Waals surface area contributed by atoms with Gasteiger partial charge in [0.05, 0.1) is 0 Å². The van der Waals surface area contributed by atoms with Gasteiger partial charge in [-0.1, -0.05) is 20.8 Å². The highest BCUT2D eigenvalue weighted by Gasteiger charge is 2.34. The molecule has 0 heterocycles. The van der Waals surface area contributed by atoms with Crippen molar-refractivity contribution in [3.63, 3.8) is 0 Å². The van der Waals surface area contributed by atoms with Crippen LogP contribution in [-0.4, -0.2) is 33.3 Å². The highest BCUT2D eigenvalue weighted by atomic mass is 32.2. The molecular formula is C13H30O2SSi. The predicted molar refractivity (Wildman–Crippen MR) is 81.1 cm³/mol. The Bertz CT molecular complexity index is 171.